The van der Waals surface area contributed by atoms with Gasteiger partial charge in [0, 0.05) is 36.4 Å². The molecule has 2 nitrogen and oxygen atoms in total. The minimum atomic E-state index is 0.534. The zero-order valence-electron chi connectivity index (χ0n) is 14.1. The van der Waals surface area contributed by atoms with Crippen LogP contribution in [0.1, 0.15) is 43.5 Å². The van der Waals surface area contributed by atoms with E-state index in [1.54, 1.807) is 0 Å². The summed E-state index contributed by atoms with van der Waals surface area (Å²) in [7, 11) is 0. The van der Waals surface area contributed by atoms with Crippen molar-refractivity contribution in [2.45, 2.75) is 39.7 Å². The Morgan fingerprint density at radius 3 is 2.91 bits per heavy atom. The Balaban J connectivity index is 1.85. The van der Waals surface area contributed by atoms with Crippen LogP contribution in [0.25, 0.3) is 11.1 Å². The lowest BCUT2D eigenvalue weighted by atomic mass is 9.87. The van der Waals surface area contributed by atoms with Crippen molar-refractivity contribution < 1.29 is 4.57 Å². The van der Waals surface area contributed by atoms with Crippen molar-refractivity contribution >= 4 is 16.8 Å². The van der Waals surface area contributed by atoms with Gasteiger partial charge in [-0.2, -0.15) is 4.57 Å². The number of benzene rings is 1. The van der Waals surface area contributed by atoms with Gasteiger partial charge in [-0.1, -0.05) is 19.9 Å². The Bertz CT molecular complexity index is 771. The maximum Gasteiger partial charge on any atom is 0.208 e. The minimum Gasteiger partial charge on any atom is -0.385 e. The molecule has 0 radical (unpaired) electrons. The number of pyridine rings is 1. The van der Waals surface area contributed by atoms with Crippen molar-refractivity contribution in [3.63, 3.8) is 0 Å². The maximum atomic E-state index is 3.52. The van der Waals surface area contributed by atoms with E-state index < -0.39 is 0 Å². The Morgan fingerprint density at radius 2 is 2.04 bits per heavy atom. The van der Waals surface area contributed by atoms with Crippen molar-refractivity contribution in [2.24, 2.45) is 5.92 Å². The van der Waals surface area contributed by atoms with Gasteiger partial charge >= 0.3 is 0 Å². The quantitative estimate of drug-likeness (QED) is 0.818. The molecule has 0 atom stereocenters. The van der Waals surface area contributed by atoms with Crippen LogP contribution in [0.2, 0.25) is 0 Å². The van der Waals surface area contributed by atoms with Crippen molar-refractivity contribution in [2.75, 3.05) is 11.9 Å². The number of anilines is 1. The highest BCUT2D eigenvalue weighted by molar-refractivity contribution is 5.91. The van der Waals surface area contributed by atoms with Gasteiger partial charge in [0.05, 0.1) is 0 Å². The second-order valence-electron chi connectivity index (χ2n) is 6.98. The van der Waals surface area contributed by atoms with Gasteiger partial charge in [0.25, 0.3) is 0 Å². The smallest absolute Gasteiger partial charge is 0.208 e. The molecule has 1 aromatic heterocycles. The van der Waals surface area contributed by atoms with Crippen LogP contribution in [0.5, 0.6) is 0 Å². The number of nitrogens with zero attached hydrogens (tertiary/aromatic N) is 1. The molecule has 4 rings (SSSR count). The van der Waals surface area contributed by atoms with Gasteiger partial charge in [-0.05, 0) is 53.7 Å². The largest absolute Gasteiger partial charge is 0.385 e. The molecular weight excluding hydrogens is 280 g/mol. The molecule has 0 saturated carbocycles. The van der Waals surface area contributed by atoms with E-state index in [1.165, 1.54) is 46.5 Å². The molecule has 2 aliphatic rings. The van der Waals surface area contributed by atoms with Gasteiger partial charge < -0.3 is 5.32 Å². The average Bonchev–Trinajstić information content (AvgIpc) is 2.99. The maximum absolute atomic E-state index is 3.52. The number of allylic oxidation sites excluding steroid dienone is 2. The van der Waals surface area contributed by atoms with Gasteiger partial charge in [0.2, 0.25) is 5.69 Å². The monoisotopic (exact) mass is 305 g/mol. The summed E-state index contributed by atoms with van der Waals surface area (Å²) in [6.45, 7) is 6.86. The molecule has 0 unspecified atom stereocenters. The van der Waals surface area contributed by atoms with Crippen LogP contribution in [0.3, 0.4) is 0 Å². The molecule has 118 valence electrons. The Kier molecular flexibility index (Phi) is 3.68. The molecule has 0 fully saturated rings. The van der Waals surface area contributed by atoms with Gasteiger partial charge in [-0.15, -0.1) is 0 Å². The van der Waals surface area contributed by atoms with Gasteiger partial charge in [-0.25, -0.2) is 0 Å². The molecular formula is C21H25N2+. The molecule has 0 saturated heterocycles. The molecule has 2 aromatic rings. The van der Waals surface area contributed by atoms with E-state index in [4.69, 9.17) is 0 Å². The molecule has 0 bridgehead atoms. The minimum absolute atomic E-state index is 0.534. The molecule has 23 heavy (non-hydrogen) atoms. The highest BCUT2D eigenvalue weighted by Crippen LogP contribution is 2.37. The van der Waals surface area contributed by atoms with E-state index in [2.05, 4.69) is 66.3 Å². The third-order valence-electron chi connectivity index (χ3n) is 5.11. The summed E-state index contributed by atoms with van der Waals surface area (Å²) in [5.74, 6) is 0.534. The van der Waals surface area contributed by atoms with Crippen LogP contribution in [0.4, 0.5) is 5.69 Å². The summed E-state index contributed by atoms with van der Waals surface area (Å²) in [6.07, 6.45) is 5.79. The van der Waals surface area contributed by atoms with E-state index in [1.807, 2.05) is 0 Å². The fourth-order valence-corrected chi connectivity index (χ4v) is 4.08. The number of nitrogens with one attached hydrogen (secondary N) is 1. The van der Waals surface area contributed by atoms with Gasteiger partial charge in [0.1, 0.15) is 0 Å². The van der Waals surface area contributed by atoms with Gasteiger partial charge in [0.15, 0.2) is 12.7 Å². The lowest BCUT2D eigenvalue weighted by Crippen LogP contribution is -2.31. The number of aromatic nitrogens is 1. The molecule has 1 N–H and O–H groups in total. The van der Waals surface area contributed by atoms with Crippen LogP contribution in [-0.4, -0.2) is 6.54 Å². The van der Waals surface area contributed by atoms with Crippen LogP contribution >= 0.6 is 0 Å². The van der Waals surface area contributed by atoms with Crippen molar-refractivity contribution in [3.8, 4) is 0 Å². The third kappa shape index (κ3) is 2.56. The SMILES string of the molecule is CC(C)C(=C1CC[n+]2ccccc21)c1ccc2c(c1)CCCN2. The van der Waals surface area contributed by atoms with E-state index in [0.717, 1.165) is 19.5 Å². The number of hydrogen-bond donors (Lipinski definition) is 1. The summed E-state index contributed by atoms with van der Waals surface area (Å²) in [6, 6.07) is 13.6. The average molecular weight is 305 g/mol. The van der Waals surface area contributed by atoms with Crippen LogP contribution < -0.4 is 9.88 Å². The fourth-order valence-electron chi connectivity index (χ4n) is 4.08. The van der Waals surface area contributed by atoms with E-state index in [9.17, 15) is 0 Å². The first kappa shape index (κ1) is 14.5. The molecule has 2 heteroatoms. The molecule has 0 aliphatic carbocycles. The number of aryl methyl sites for hydroxylation is 2. The van der Waals surface area contributed by atoms with Crippen molar-refractivity contribution in [1.29, 1.82) is 0 Å². The predicted octanol–water partition coefficient (Wildman–Crippen LogP) is 4.30. The second-order valence-corrected chi connectivity index (χ2v) is 6.98. The van der Waals surface area contributed by atoms with E-state index in [0.29, 0.717) is 5.92 Å². The fraction of sp³-hybridized carbons (Fsp3) is 0.381. The molecule has 2 aliphatic heterocycles. The van der Waals surface area contributed by atoms with Crippen molar-refractivity contribution in [1.82, 2.24) is 0 Å². The normalized spacial score (nSPS) is 18.4. The molecule has 1 aromatic carbocycles. The van der Waals surface area contributed by atoms with Crippen molar-refractivity contribution in [3.05, 3.63) is 59.4 Å². The first-order chi connectivity index (χ1) is 11.2. The van der Waals surface area contributed by atoms with Crippen LogP contribution in [-0.2, 0) is 13.0 Å². The summed E-state index contributed by atoms with van der Waals surface area (Å²) >= 11 is 0. The molecule has 0 spiro atoms. The number of fused-ring (bicyclic) bond motifs is 2. The zero-order chi connectivity index (χ0) is 15.8. The summed E-state index contributed by atoms with van der Waals surface area (Å²) in [4.78, 5) is 0. The zero-order valence-corrected chi connectivity index (χ0v) is 14.1. The lowest BCUT2D eigenvalue weighted by molar-refractivity contribution is -0.689. The summed E-state index contributed by atoms with van der Waals surface area (Å²) < 4.78 is 2.39. The third-order valence-corrected chi connectivity index (χ3v) is 5.11. The summed E-state index contributed by atoms with van der Waals surface area (Å²) in [5.41, 5.74) is 8.67. The molecule has 3 heterocycles. The Morgan fingerprint density at radius 1 is 1.13 bits per heavy atom. The first-order valence-corrected chi connectivity index (χ1v) is 8.83. The Hall–Kier alpha value is -2.09. The second kappa shape index (κ2) is 5.84. The van der Waals surface area contributed by atoms with Gasteiger partial charge in [-0.3, -0.25) is 0 Å². The first-order valence-electron chi connectivity index (χ1n) is 8.83. The van der Waals surface area contributed by atoms with Crippen LogP contribution in [0, 0.1) is 5.92 Å². The summed E-state index contributed by atoms with van der Waals surface area (Å²) in [5, 5.41) is 3.52. The number of hydrogen-bond acceptors (Lipinski definition) is 1. The highest BCUT2D eigenvalue weighted by atomic mass is 15.0. The van der Waals surface area contributed by atoms with E-state index in [-0.39, 0.29) is 0 Å². The van der Waals surface area contributed by atoms with E-state index >= 15 is 0 Å². The predicted molar refractivity (Wildman–Crippen MR) is 96.2 cm³/mol. The van der Waals surface area contributed by atoms with Crippen LogP contribution in [0.15, 0.2) is 42.6 Å². The molecule has 0 amide bonds. The number of rotatable bonds is 2. The Labute approximate surface area is 138 Å². The lowest BCUT2D eigenvalue weighted by Gasteiger charge is -2.21. The topological polar surface area (TPSA) is 15.9 Å². The standard InChI is InChI=1S/C21H24N2/c1-15(2)21(18-10-13-23-12-4-3-7-20(18)23)17-8-9-19-16(14-17)6-5-11-22-19/h3-4,7-9,12,14-15H,5-6,10-11,13H2,1-2H3/p+1. The highest BCUT2D eigenvalue weighted by Gasteiger charge is 2.28.